The molecule has 0 heterocycles. The molecule has 0 saturated carbocycles. The average Bonchev–Trinajstić information content (AvgIpc) is 1.43. The van der Waals surface area contributed by atoms with Crippen LogP contribution in [0.3, 0.4) is 0 Å². The van der Waals surface area contributed by atoms with Crippen molar-refractivity contribution in [3.05, 3.63) is 0 Å². The molecule has 15 heteroatoms. The second-order valence-electron chi connectivity index (χ2n) is 1.40. The number of hydrogen-bond donors (Lipinski definition) is 2. The predicted molar refractivity (Wildman–Crippen MR) is 34.2 cm³/mol. The first-order valence-electron chi connectivity index (χ1n) is 2.03. The van der Waals surface area contributed by atoms with E-state index in [4.69, 9.17) is 9.11 Å². The minimum Gasteiger partial charge on any atom is -0.263 e. The Morgan fingerprint density at radius 2 is 0.867 bits per heavy atom. The molecule has 0 rings (SSSR count). The van der Waals surface area contributed by atoms with Gasteiger partial charge >= 0.3 is 31.2 Å². The third-order valence-electron chi connectivity index (χ3n) is 0.339. The van der Waals surface area contributed by atoms with E-state index in [2.05, 4.69) is 7.26 Å². The third kappa shape index (κ3) is 14.7. The molecule has 0 unspecified atom stereocenters. The Kier molecular flexibility index (Phi) is 9.00. The van der Waals surface area contributed by atoms with Gasteiger partial charge in [0.2, 0.25) is 0 Å². The second-order valence-corrected chi connectivity index (χ2v) is 5.02. The van der Waals surface area contributed by atoms with E-state index < -0.39 is 31.2 Å². The van der Waals surface area contributed by atoms with Crippen molar-refractivity contribution in [1.29, 1.82) is 0 Å². The summed E-state index contributed by atoms with van der Waals surface area (Å²) < 4.78 is 80.2. The second kappa shape index (κ2) is 6.42. The maximum absolute atomic E-state index is 10.1. The van der Waals surface area contributed by atoms with Gasteiger partial charge in [0.1, 0.15) is 0 Å². The summed E-state index contributed by atoms with van der Waals surface area (Å²) in [5.74, 6) is 0. The van der Waals surface area contributed by atoms with Crippen LogP contribution >= 0.6 is 0 Å². The monoisotopic (exact) mass is 374 g/mol. The van der Waals surface area contributed by atoms with Crippen LogP contribution in [0.5, 0.6) is 0 Å². The molecule has 0 amide bonds. The fraction of sp³-hybridized carbons (Fsp3) is 0. The fourth-order valence-corrected chi connectivity index (χ4v) is 2.20. The van der Waals surface area contributed by atoms with Gasteiger partial charge in [-0.15, -0.1) is 0 Å². The molecular formula is H2Ni2O10S3. The molecule has 0 spiro atoms. The molecule has 0 saturated heterocycles. The summed E-state index contributed by atoms with van der Waals surface area (Å²) in [5.41, 5.74) is 0. The first kappa shape index (κ1) is 21.0. The molecule has 0 fully saturated rings. The van der Waals surface area contributed by atoms with Gasteiger partial charge < -0.3 is 0 Å². The maximum atomic E-state index is 10.1. The fourth-order valence-electron chi connectivity index (χ4n) is 0.222. The van der Waals surface area contributed by atoms with E-state index in [1.54, 1.807) is 0 Å². The summed E-state index contributed by atoms with van der Waals surface area (Å²) in [5, 5.41) is 0. The van der Waals surface area contributed by atoms with Crippen molar-refractivity contribution >= 4 is 31.2 Å². The quantitative estimate of drug-likeness (QED) is 0.410. The van der Waals surface area contributed by atoms with Crippen LogP contribution in [0.1, 0.15) is 0 Å². The van der Waals surface area contributed by atoms with Crippen molar-refractivity contribution < 1.29 is 74.6 Å². The zero-order chi connectivity index (χ0) is 10.9. The normalized spacial score (nSPS) is 12.4. The molecule has 0 aliphatic carbocycles. The Labute approximate surface area is 105 Å². The van der Waals surface area contributed by atoms with Gasteiger partial charge in [-0.2, -0.15) is 25.3 Å². The minimum absolute atomic E-state index is 0. The molecular weight excluding hydrogens is 374 g/mol. The molecule has 0 bridgehead atoms. The van der Waals surface area contributed by atoms with Gasteiger partial charge in [0.05, 0.1) is 0 Å². The topological polar surface area (TPSA) is 161 Å². The van der Waals surface area contributed by atoms with E-state index in [0.29, 0.717) is 0 Å². The molecule has 0 aliphatic heterocycles. The molecule has 100 valence electrons. The van der Waals surface area contributed by atoms with Crippen molar-refractivity contribution in [2.75, 3.05) is 0 Å². The molecule has 10 nitrogen and oxygen atoms in total. The minimum atomic E-state index is -5.57. The van der Waals surface area contributed by atoms with Crippen LogP contribution in [-0.4, -0.2) is 34.4 Å². The van der Waals surface area contributed by atoms with Crippen LogP contribution in [0.25, 0.3) is 0 Å². The Hall–Kier alpha value is 0.677. The van der Waals surface area contributed by atoms with Crippen molar-refractivity contribution in [1.82, 2.24) is 0 Å². The van der Waals surface area contributed by atoms with Crippen molar-refractivity contribution in [3.63, 3.8) is 0 Å². The molecule has 15 heavy (non-hydrogen) atoms. The maximum Gasteiger partial charge on any atom is 0.432 e. The van der Waals surface area contributed by atoms with Gasteiger partial charge in [-0.05, 0) is 0 Å². The van der Waals surface area contributed by atoms with E-state index in [1.807, 2.05) is 0 Å². The average molecular weight is 376 g/mol. The van der Waals surface area contributed by atoms with Crippen LogP contribution in [0.4, 0.5) is 0 Å². The number of rotatable bonds is 4. The zero-order valence-electron chi connectivity index (χ0n) is 6.02. The molecule has 0 aromatic heterocycles. The summed E-state index contributed by atoms with van der Waals surface area (Å²) in [6, 6.07) is 0. The van der Waals surface area contributed by atoms with Crippen LogP contribution in [0.15, 0.2) is 0 Å². The van der Waals surface area contributed by atoms with E-state index in [0.717, 1.165) is 0 Å². The van der Waals surface area contributed by atoms with Crippen LogP contribution in [0.2, 0.25) is 0 Å². The van der Waals surface area contributed by atoms with Crippen LogP contribution < -0.4 is 0 Å². The molecule has 0 radical (unpaired) electrons. The summed E-state index contributed by atoms with van der Waals surface area (Å²) in [6.45, 7) is 0. The van der Waals surface area contributed by atoms with Gasteiger partial charge in [0.15, 0.2) is 0 Å². The summed E-state index contributed by atoms with van der Waals surface area (Å²) in [7, 11) is -16.5. The van der Waals surface area contributed by atoms with Crippen molar-refractivity contribution in [2.24, 2.45) is 0 Å². The Balaban J connectivity index is -0.000000720. The SMILES string of the molecule is O=S(=O)(O)OS(=O)(=O)OS(=O)(=O)O.[Ni].[Ni]. The number of hydrogen-bond acceptors (Lipinski definition) is 8. The van der Waals surface area contributed by atoms with E-state index >= 15 is 0 Å². The standard InChI is InChI=1S/2Ni.H2O10S3/c;;1-11(2,3)9-13(7,8)10-12(4,5)6/h;;(H,1,2,3)(H,4,5,6). The van der Waals surface area contributed by atoms with E-state index in [9.17, 15) is 25.3 Å². The van der Waals surface area contributed by atoms with Crippen LogP contribution in [-0.2, 0) is 71.4 Å². The molecule has 0 aromatic carbocycles. The summed E-state index contributed by atoms with van der Waals surface area (Å²) in [4.78, 5) is 0. The third-order valence-corrected chi connectivity index (χ3v) is 3.05. The van der Waals surface area contributed by atoms with Gasteiger partial charge in [-0.1, -0.05) is 7.26 Å². The molecule has 0 aromatic rings. The van der Waals surface area contributed by atoms with Gasteiger partial charge in [0.25, 0.3) is 0 Å². The molecule has 2 N–H and O–H groups in total. The Bertz CT molecular complexity index is 423. The van der Waals surface area contributed by atoms with E-state index in [1.165, 1.54) is 0 Å². The molecule has 0 atom stereocenters. The Morgan fingerprint density at radius 1 is 0.667 bits per heavy atom. The first-order valence-corrected chi connectivity index (χ1v) is 6.10. The smallest absolute Gasteiger partial charge is 0.263 e. The van der Waals surface area contributed by atoms with Crippen LogP contribution in [0, 0.1) is 0 Å². The largest absolute Gasteiger partial charge is 0.432 e. The zero-order valence-corrected chi connectivity index (χ0v) is 10.4. The van der Waals surface area contributed by atoms with E-state index in [-0.39, 0.29) is 33.0 Å². The first-order chi connectivity index (χ1) is 5.41. The van der Waals surface area contributed by atoms with Gasteiger partial charge in [-0.25, -0.2) is 0 Å². The van der Waals surface area contributed by atoms with Gasteiger partial charge in [-0.3, -0.25) is 9.11 Å². The summed E-state index contributed by atoms with van der Waals surface area (Å²) >= 11 is 0. The predicted octanol–water partition coefficient (Wildman–Crippen LogP) is -2.13. The van der Waals surface area contributed by atoms with Gasteiger partial charge in [0, 0.05) is 33.0 Å². The van der Waals surface area contributed by atoms with Crippen molar-refractivity contribution in [2.45, 2.75) is 0 Å². The Morgan fingerprint density at radius 3 is 1.00 bits per heavy atom. The summed E-state index contributed by atoms with van der Waals surface area (Å²) in [6.07, 6.45) is 0. The van der Waals surface area contributed by atoms with Crippen molar-refractivity contribution in [3.8, 4) is 0 Å². The molecule has 0 aliphatic rings.